The third kappa shape index (κ3) is 4.92. The fraction of sp³-hybridized carbons (Fsp3) is 0.467. The lowest BCUT2D eigenvalue weighted by atomic mass is 10.1. The Balaban J connectivity index is 1.77. The molecule has 0 saturated carbocycles. The van der Waals surface area contributed by atoms with Crippen molar-refractivity contribution in [2.24, 2.45) is 5.73 Å². The molecule has 1 aromatic rings. The Morgan fingerprint density at radius 1 is 1.29 bits per heavy atom. The van der Waals surface area contributed by atoms with Crippen molar-refractivity contribution in [3.05, 3.63) is 34.4 Å². The molecule has 1 fully saturated rings. The molecule has 130 valence electrons. The molecule has 0 aliphatic carbocycles. The van der Waals surface area contributed by atoms with Crippen LogP contribution in [-0.2, 0) is 9.59 Å². The van der Waals surface area contributed by atoms with Gasteiger partial charge in [0.05, 0.1) is 18.0 Å². The van der Waals surface area contributed by atoms with Crippen LogP contribution in [0.25, 0.3) is 0 Å². The van der Waals surface area contributed by atoms with E-state index in [1.54, 1.807) is 17.0 Å². The quantitative estimate of drug-likeness (QED) is 0.557. The molecule has 0 bridgehead atoms. The van der Waals surface area contributed by atoms with Gasteiger partial charge in [-0.05, 0) is 12.1 Å². The Hall–Kier alpha value is -2.68. The molecular formula is C15H20N4O5. The third-order valence-electron chi connectivity index (χ3n) is 3.77. The minimum Gasteiger partial charge on any atom is -0.490 e. The molecule has 1 aliphatic heterocycles. The molecule has 2 rings (SSSR count). The van der Waals surface area contributed by atoms with Crippen molar-refractivity contribution in [1.82, 2.24) is 10.2 Å². The summed E-state index contributed by atoms with van der Waals surface area (Å²) in [7, 11) is 0. The first-order valence-electron chi connectivity index (χ1n) is 7.65. The van der Waals surface area contributed by atoms with Crippen LogP contribution in [0.5, 0.6) is 5.75 Å². The van der Waals surface area contributed by atoms with Gasteiger partial charge in [-0.25, -0.2) is 0 Å². The van der Waals surface area contributed by atoms with Gasteiger partial charge in [0, 0.05) is 38.1 Å². The number of carbonyl (C=O) groups is 2. The van der Waals surface area contributed by atoms with Gasteiger partial charge in [-0.2, -0.15) is 0 Å². The van der Waals surface area contributed by atoms with Crippen molar-refractivity contribution in [2.45, 2.75) is 18.9 Å². The topological polar surface area (TPSA) is 128 Å². The fourth-order valence-corrected chi connectivity index (χ4v) is 2.42. The van der Waals surface area contributed by atoms with E-state index in [-0.39, 0.29) is 36.7 Å². The van der Waals surface area contributed by atoms with Gasteiger partial charge >= 0.3 is 0 Å². The van der Waals surface area contributed by atoms with Crippen LogP contribution in [0.3, 0.4) is 0 Å². The normalized spacial score (nSPS) is 15.0. The summed E-state index contributed by atoms with van der Waals surface area (Å²) < 4.78 is 5.79. The van der Waals surface area contributed by atoms with E-state index >= 15 is 0 Å². The van der Waals surface area contributed by atoms with Gasteiger partial charge in [-0.1, -0.05) is 0 Å². The van der Waals surface area contributed by atoms with Crippen LogP contribution in [-0.4, -0.2) is 53.9 Å². The highest BCUT2D eigenvalue weighted by atomic mass is 16.6. The van der Waals surface area contributed by atoms with Crippen molar-refractivity contribution in [3.8, 4) is 5.75 Å². The van der Waals surface area contributed by atoms with Gasteiger partial charge in [0.25, 0.3) is 5.69 Å². The number of nitro benzene ring substituents is 1. The molecule has 0 spiro atoms. The molecule has 1 aromatic carbocycles. The van der Waals surface area contributed by atoms with Crippen LogP contribution in [0, 0.1) is 10.1 Å². The Labute approximate surface area is 138 Å². The third-order valence-corrected chi connectivity index (χ3v) is 3.77. The van der Waals surface area contributed by atoms with Gasteiger partial charge in [0.15, 0.2) is 0 Å². The van der Waals surface area contributed by atoms with E-state index in [1.807, 2.05) is 0 Å². The first-order chi connectivity index (χ1) is 11.5. The highest BCUT2D eigenvalue weighted by Crippen LogP contribution is 2.21. The van der Waals surface area contributed by atoms with Crippen LogP contribution >= 0.6 is 0 Å². The Kier molecular flexibility index (Phi) is 6.07. The maximum Gasteiger partial charge on any atom is 0.269 e. The number of carbonyl (C=O) groups excluding carboxylic acids is 2. The summed E-state index contributed by atoms with van der Waals surface area (Å²) in [4.78, 5) is 34.8. The zero-order chi connectivity index (χ0) is 17.5. The maximum absolute atomic E-state index is 12.0. The van der Waals surface area contributed by atoms with E-state index in [1.165, 1.54) is 12.1 Å². The number of likely N-dealkylation sites (tertiary alicyclic amines) is 1. The van der Waals surface area contributed by atoms with Crippen molar-refractivity contribution in [1.29, 1.82) is 0 Å². The maximum atomic E-state index is 12.0. The highest BCUT2D eigenvalue weighted by Gasteiger charge is 2.24. The van der Waals surface area contributed by atoms with Gasteiger partial charge in [0.2, 0.25) is 11.8 Å². The molecular weight excluding hydrogens is 316 g/mol. The lowest BCUT2D eigenvalue weighted by Gasteiger charge is -2.32. The number of non-ortho nitro benzene ring substituents is 1. The Bertz CT molecular complexity index is 596. The number of amides is 2. The molecule has 0 atom stereocenters. The minimum atomic E-state index is -0.461. The van der Waals surface area contributed by atoms with E-state index in [0.29, 0.717) is 31.7 Å². The number of hydrogen-bond acceptors (Lipinski definition) is 6. The first-order valence-corrected chi connectivity index (χ1v) is 7.65. The summed E-state index contributed by atoms with van der Waals surface area (Å²) in [6.45, 7) is 0.881. The number of piperidine rings is 1. The molecule has 1 saturated heterocycles. The second-order valence-electron chi connectivity index (χ2n) is 5.43. The van der Waals surface area contributed by atoms with E-state index in [2.05, 4.69) is 5.32 Å². The zero-order valence-electron chi connectivity index (χ0n) is 13.1. The van der Waals surface area contributed by atoms with E-state index < -0.39 is 4.92 Å². The molecule has 9 nitrogen and oxygen atoms in total. The standard InChI is InChI=1S/C15H20N4O5/c16-9-14(20)17-10-15(21)18-7-5-13(6-8-18)24-12-3-1-11(2-4-12)19(22)23/h1-4,13H,5-10,16H2,(H,17,20). The predicted octanol–water partition coefficient (Wildman–Crippen LogP) is 0.0395. The van der Waals surface area contributed by atoms with Crippen LogP contribution in [0.2, 0.25) is 0 Å². The second kappa shape index (κ2) is 8.25. The second-order valence-corrected chi connectivity index (χ2v) is 5.43. The van der Waals surface area contributed by atoms with Crippen molar-refractivity contribution in [3.63, 3.8) is 0 Å². The smallest absolute Gasteiger partial charge is 0.269 e. The number of ether oxygens (including phenoxy) is 1. The van der Waals surface area contributed by atoms with E-state index in [4.69, 9.17) is 10.5 Å². The lowest BCUT2D eigenvalue weighted by molar-refractivity contribution is -0.384. The number of hydrogen-bond donors (Lipinski definition) is 2. The number of rotatable bonds is 6. The van der Waals surface area contributed by atoms with Gasteiger partial charge < -0.3 is 20.7 Å². The number of nitrogens with one attached hydrogen (secondary N) is 1. The summed E-state index contributed by atoms with van der Waals surface area (Å²) in [6.07, 6.45) is 1.27. The SMILES string of the molecule is NCC(=O)NCC(=O)N1CCC(Oc2ccc([N+](=O)[O-])cc2)CC1. The average Bonchev–Trinajstić information content (AvgIpc) is 2.60. The molecule has 3 N–H and O–H groups in total. The lowest BCUT2D eigenvalue weighted by Crippen LogP contribution is -2.46. The molecule has 9 heteroatoms. The van der Waals surface area contributed by atoms with Crippen molar-refractivity contribution < 1.29 is 19.2 Å². The van der Waals surface area contributed by atoms with Crippen molar-refractivity contribution in [2.75, 3.05) is 26.2 Å². The molecule has 2 amide bonds. The van der Waals surface area contributed by atoms with Crippen LogP contribution < -0.4 is 15.8 Å². The molecule has 0 unspecified atom stereocenters. The molecule has 24 heavy (non-hydrogen) atoms. The van der Waals surface area contributed by atoms with Gasteiger partial charge in [-0.15, -0.1) is 0 Å². The van der Waals surface area contributed by atoms with Crippen LogP contribution in [0.15, 0.2) is 24.3 Å². The van der Waals surface area contributed by atoms with Gasteiger partial charge in [0.1, 0.15) is 11.9 Å². The molecule has 0 aromatic heterocycles. The van der Waals surface area contributed by atoms with E-state index in [9.17, 15) is 19.7 Å². The Morgan fingerprint density at radius 3 is 2.46 bits per heavy atom. The molecule has 1 heterocycles. The highest BCUT2D eigenvalue weighted by molar-refractivity contribution is 5.85. The summed E-state index contributed by atoms with van der Waals surface area (Å²) in [5.74, 6) is 0.0610. The number of nitrogens with two attached hydrogens (primary N) is 1. The summed E-state index contributed by atoms with van der Waals surface area (Å²) >= 11 is 0. The predicted molar refractivity (Wildman–Crippen MR) is 85.4 cm³/mol. The molecule has 1 aliphatic rings. The summed E-state index contributed by atoms with van der Waals surface area (Å²) in [5.41, 5.74) is 5.18. The minimum absolute atomic E-state index is 0.0160. The van der Waals surface area contributed by atoms with Crippen molar-refractivity contribution >= 4 is 17.5 Å². The average molecular weight is 336 g/mol. The van der Waals surface area contributed by atoms with Crippen LogP contribution in [0.1, 0.15) is 12.8 Å². The Morgan fingerprint density at radius 2 is 1.92 bits per heavy atom. The number of nitro groups is 1. The molecule has 0 radical (unpaired) electrons. The monoisotopic (exact) mass is 336 g/mol. The van der Waals surface area contributed by atoms with Crippen LogP contribution in [0.4, 0.5) is 5.69 Å². The summed E-state index contributed by atoms with van der Waals surface area (Å²) in [5, 5.41) is 13.1. The number of benzene rings is 1. The summed E-state index contributed by atoms with van der Waals surface area (Å²) in [6, 6.07) is 5.93. The fourth-order valence-electron chi connectivity index (χ4n) is 2.42. The first kappa shape index (κ1) is 17.7. The zero-order valence-corrected chi connectivity index (χ0v) is 13.1. The van der Waals surface area contributed by atoms with Gasteiger partial charge in [-0.3, -0.25) is 19.7 Å². The largest absolute Gasteiger partial charge is 0.490 e. The number of nitrogens with zero attached hydrogens (tertiary/aromatic N) is 2. The van der Waals surface area contributed by atoms with E-state index in [0.717, 1.165) is 0 Å².